The van der Waals surface area contributed by atoms with Crippen LogP contribution >= 0.6 is 0 Å². The maximum absolute atomic E-state index is 12.4. The lowest BCUT2D eigenvalue weighted by molar-refractivity contribution is -0.145. The van der Waals surface area contributed by atoms with Crippen LogP contribution in [0.5, 0.6) is 0 Å². The van der Waals surface area contributed by atoms with Gasteiger partial charge in [0, 0.05) is 158 Å². The highest BCUT2D eigenvalue weighted by Crippen LogP contribution is 2.27. The summed E-state index contributed by atoms with van der Waals surface area (Å²) in [6.45, 7) is 19.3. The van der Waals surface area contributed by atoms with E-state index in [0.29, 0.717) is 64.4 Å². The number of amides is 3. The second-order valence-corrected chi connectivity index (χ2v) is 38.9. The number of hydrogen-bond acceptors (Lipinski definition) is 26. The van der Waals surface area contributed by atoms with E-state index in [9.17, 15) is 43.5 Å². The van der Waals surface area contributed by atoms with Gasteiger partial charge in [-0.05, 0) is 348 Å². The van der Waals surface area contributed by atoms with Crippen LogP contribution < -0.4 is 27.0 Å². The van der Waals surface area contributed by atoms with E-state index in [1.54, 1.807) is 42.5 Å². The zero-order valence-corrected chi connectivity index (χ0v) is 92.0. The number of nitrogens with one attached hydrogen (secondary N) is 4. The lowest BCUT2D eigenvalue weighted by Crippen LogP contribution is -2.44. The number of rotatable bonds is 54. The first-order chi connectivity index (χ1) is 71.2. The molecule has 0 radical (unpaired) electrons. The van der Waals surface area contributed by atoms with Crippen molar-refractivity contribution < 1.29 is 104 Å². The molecule has 5 aromatic heterocycles. The number of benzene rings is 2. The highest BCUT2D eigenvalue weighted by molar-refractivity contribution is 5.81. The van der Waals surface area contributed by atoms with Crippen molar-refractivity contribution in [3.8, 4) is 0 Å². The Balaban J connectivity index is 0.000000323. The minimum Gasteiger partial charge on any atom is -0.481 e. The average Bonchev–Trinajstić information content (AvgIpc) is 0.857. The standard InChI is InChI=1S/C30H43N3O5.C29H41N3O5.C17H26N2O2.C17H28N2O.C13H17NO2.C6H10O3.C4H11NO.ClH2/c1-23(36-2)21-33(19-10-9-14-26-17-16-25-13-7-8-15-27(25)31-26)20-18-28(29(34)37-3)32-30(35)38-22-24-11-5-4-6-12-24;1-22(36-2)20-32(18-9-8-13-25-16-15-24-12-6-7-14-26(24)30-25)19-17-27(28(33)34)31-29(35)37-21-23-10-4-3-5-11-23;1-13(21-2)12-18-17(20)9-5-7-15-11-10-14-6-3-4-8-16(14)19-15;1-14(20-2)13-18-12-6-5-8-16-11-10-15-7-3-4-9-17(15)19-16;15-13(16)7-3-5-11-9-8-10-4-1-2-6-12(10)14-11;1-5(3-4-7)6(8)9-2;1-4(3-5)6-2;/h4-6,11-12,16-17,23,28H,7-10,13-15,18-22H2,1-3H3,(H,32,35);3-5,10-11,15-16,22,27H,6-9,12-14,17-21H2,1-2H3,(H,31,35)(H,33,34);10-11,13H,3-9,12H2,1-2H3,(H,18,20);10-11,14,18H,3-9,12-13H2,1-2H3;8-9H,1-7H2,(H,15,16);4-5H,3H2,1-2H3;4H,3,5H2,1-2H3;1H2/q;;;;;;;+1/t23-,28+;22-,27+;13-;14-;;5-;4-;/m1111.01./s1. The van der Waals surface area contributed by atoms with Gasteiger partial charge < -0.3 is 94.4 Å². The quantitative estimate of drug-likeness (QED) is 0.00805. The van der Waals surface area contributed by atoms with E-state index in [-0.39, 0.29) is 87.1 Å². The largest absolute Gasteiger partial charge is 0.481 e. The molecule has 0 aliphatic heterocycles. The number of nitrogens with zero attached hydrogens (tertiary/aromatic N) is 7. The van der Waals surface area contributed by atoms with E-state index in [0.717, 1.165) is 170 Å². The maximum Gasteiger partial charge on any atom is 0.408 e. The Morgan fingerprint density at radius 3 is 1.07 bits per heavy atom. The number of methoxy groups -OCH3 is 7. The number of aryl methyl sites for hydroxylation is 15. The summed E-state index contributed by atoms with van der Waals surface area (Å²) in [7, 11) is 11.1. The molecule has 0 bridgehead atoms. The predicted molar refractivity (Wildman–Crippen MR) is 578 cm³/mol. The highest BCUT2D eigenvalue weighted by atomic mass is 35.5. The number of ether oxygens (including phenoxy) is 9. The molecule has 0 unspecified atom stereocenters. The van der Waals surface area contributed by atoms with Crippen molar-refractivity contribution in [3.63, 3.8) is 0 Å². The van der Waals surface area contributed by atoms with Crippen molar-refractivity contribution in [1.82, 2.24) is 56.0 Å². The Morgan fingerprint density at radius 2 is 0.730 bits per heavy atom. The number of nitrogens with two attached hydrogens (primary N) is 1. The molecule has 822 valence electrons. The molecule has 8 atom stereocenters. The molecule has 7 aromatic rings. The van der Waals surface area contributed by atoms with Crippen molar-refractivity contribution in [2.75, 3.05) is 115 Å². The lowest BCUT2D eigenvalue weighted by atomic mass is 9.95. The van der Waals surface area contributed by atoms with Crippen LogP contribution in [0.4, 0.5) is 9.59 Å². The molecule has 0 fully saturated rings. The fourth-order valence-electron chi connectivity index (χ4n) is 17.4. The van der Waals surface area contributed by atoms with Crippen molar-refractivity contribution in [3.05, 3.63) is 217 Å². The van der Waals surface area contributed by atoms with Crippen molar-refractivity contribution >= 4 is 48.3 Å². The summed E-state index contributed by atoms with van der Waals surface area (Å²) in [6.07, 6.45) is 38.4. The van der Waals surface area contributed by atoms with Gasteiger partial charge in [0.1, 0.15) is 31.6 Å². The SMILES string of the molecule is COC(=O)[C@@H](C)CC=O.COC(=O)[C@H](CCN(CCCCc1ccc2c(n1)CCCC2)C[C@@H](C)OC)NC(=O)OCc1ccccc1.CO[C@H](C)CN.CO[C@H](C)CN(CCCCc1ccc2c(n1)CCCC2)CC[C@H](NC(=O)OCc1ccccc1)C(=O)O.CO[C@H](C)CNC(=O)CCCc1ccc2c(n1)CCCC2.CO[C@H](C)CNCCCCc1ccc2c(n1)CCCC2.O=C(O)CCCc1ccc2c(n1)CCCC2.[ClH2+]. The summed E-state index contributed by atoms with van der Waals surface area (Å²) in [5.41, 5.74) is 26.2. The first-order valence-electron chi connectivity index (χ1n) is 53.8. The molecule has 5 aliphatic carbocycles. The fraction of sp³-hybridized carbons (Fsp3) is 0.612. The number of carboxylic acids is 2. The summed E-state index contributed by atoms with van der Waals surface area (Å²) in [5, 5.41) is 29.7. The molecule has 12 rings (SSSR count). The number of fused-ring (bicyclic) bond motifs is 5. The van der Waals surface area contributed by atoms with Crippen LogP contribution in [0.3, 0.4) is 0 Å². The Kier molecular flexibility index (Phi) is 66.7. The first kappa shape index (κ1) is 128. The fourth-order valence-corrected chi connectivity index (χ4v) is 17.4. The van der Waals surface area contributed by atoms with Gasteiger partial charge in [0.15, 0.2) is 0 Å². The summed E-state index contributed by atoms with van der Waals surface area (Å²) in [6, 6.07) is 38.8. The number of aliphatic carboxylic acids is 2. The van der Waals surface area contributed by atoms with E-state index in [1.165, 1.54) is 178 Å². The molecule has 5 heterocycles. The van der Waals surface area contributed by atoms with Gasteiger partial charge in [0.2, 0.25) is 5.91 Å². The second-order valence-electron chi connectivity index (χ2n) is 38.9. The topological polar surface area (TPSA) is 405 Å². The number of carboxylic acid groups (broad SMARTS) is 2. The number of aromatic nitrogens is 5. The van der Waals surface area contributed by atoms with E-state index < -0.39 is 42.2 Å². The minimum atomic E-state index is -1.07. The number of carbonyl (C=O) groups is 8. The summed E-state index contributed by atoms with van der Waals surface area (Å²) in [4.78, 5) is 120. The van der Waals surface area contributed by atoms with E-state index in [2.05, 4.69) is 102 Å². The molecule has 8 N–H and O–H groups in total. The molecule has 0 saturated heterocycles. The van der Waals surface area contributed by atoms with Crippen LogP contribution in [0.2, 0.25) is 0 Å². The lowest BCUT2D eigenvalue weighted by Gasteiger charge is -2.27. The molecule has 32 heteroatoms. The van der Waals surface area contributed by atoms with Gasteiger partial charge in [-0.25, -0.2) is 19.2 Å². The van der Waals surface area contributed by atoms with Gasteiger partial charge in [-0.2, -0.15) is 0 Å². The van der Waals surface area contributed by atoms with Crippen molar-refractivity contribution in [2.24, 2.45) is 11.7 Å². The third-order valence-electron chi connectivity index (χ3n) is 26.9. The van der Waals surface area contributed by atoms with E-state index >= 15 is 0 Å². The first-order valence-corrected chi connectivity index (χ1v) is 53.8. The number of alkyl carbamates (subject to hydrolysis) is 2. The maximum atomic E-state index is 12.4. The van der Waals surface area contributed by atoms with Crippen LogP contribution in [0.15, 0.2) is 121 Å². The number of hydrogen-bond donors (Lipinski definition) is 7. The van der Waals surface area contributed by atoms with Crippen LogP contribution in [-0.4, -0.2) is 251 Å². The monoisotopic (exact) mass is 2080 g/mol. The molecule has 3 amide bonds. The Bertz CT molecular complexity index is 4890. The predicted octanol–water partition coefficient (Wildman–Crippen LogP) is 16.4. The van der Waals surface area contributed by atoms with Crippen LogP contribution in [-0.2, 0) is 181 Å². The molecule has 148 heavy (non-hydrogen) atoms. The number of unbranched alkanes of at least 4 members (excludes halogenated alkanes) is 3. The summed E-state index contributed by atoms with van der Waals surface area (Å²) < 4.78 is 45.8. The zero-order valence-electron chi connectivity index (χ0n) is 91.1. The molecule has 0 spiro atoms. The molecule has 5 aliphatic rings. The number of esters is 2. The number of halogens is 1. The van der Waals surface area contributed by atoms with Gasteiger partial charge in [0.25, 0.3) is 0 Å². The van der Waals surface area contributed by atoms with Crippen LogP contribution in [0.1, 0.15) is 285 Å². The van der Waals surface area contributed by atoms with Gasteiger partial charge in [0.05, 0.1) is 63.1 Å². The molecule has 0 saturated carbocycles. The van der Waals surface area contributed by atoms with Gasteiger partial charge in [-0.15, -0.1) is 0 Å². The summed E-state index contributed by atoms with van der Waals surface area (Å²) >= 11 is 0. The van der Waals surface area contributed by atoms with Gasteiger partial charge in [-0.1, -0.05) is 97.9 Å². The highest BCUT2D eigenvalue weighted by Gasteiger charge is 2.27. The molecular formula is C116H178ClN12O19+. The van der Waals surface area contributed by atoms with E-state index in [1.807, 2.05) is 94.4 Å². The van der Waals surface area contributed by atoms with E-state index in [4.69, 9.17) is 68.7 Å². The molecular weight excluding hydrogens is 1900 g/mol. The van der Waals surface area contributed by atoms with Crippen LogP contribution in [0, 0.1) is 18.3 Å². The zero-order chi connectivity index (χ0) is 107. The third kappa shape index (κ3) is 54.4. The average molecular weight is 2080 g/mol. The summed E-state index contributed by atoms with van der Waals surface area (Å²) in [5.74, 6) is -2.82. The minimum absolute atomic E-state index is 0. The molecule has 2 aromatic carbocycles. The van der Waals surface area contributed by atoms with Gasteiger partial charge in [-0.3, -0.25) is 39.3 Å². The number of pyridine rings is 5. The second kappa shape index (κ2) is 77.1. The smallest absolute Gasteiger partial charge is 0.408 e. The number of carbonyl (C=O) groups excluding carboxylic acids is 6. The third-order valence-corrected chi connectivity index (χ3v) is 26.9. The van der Waals surface area contributed by atoms with Gasteiger partial charge >= 0.3 is 36.1 Å². The van der Waals surface area contributed by atoms with Crippen LogP contribution in [0.25, 0.3) is 0 Å². The van der Waals surface area contributed by atoms with Crippen molar-refractivity contribution in [2.45, 2.75) is 341 Å². The normalized spacial score (nSPS) is 14.6. The Morgan fingerprint density at radius 1 is 0.392 bits per heavy atom. The number of aldehydes is 1. The Labute approximate surface area is 888 Å². The van der Waals surface area contributed by atoms with Crippen molar-refractivity contribution in [1.29, 1.82) is 0 Å². The Hall–Kier alpha value is -10.3. The molecule has 31 nitrogen and oxygen atoms in total.